The molecule has 10 heteroatoms. The average molecular weight is 400 g/mol. The van der Waals surface area contributed by atoms with Crippen molar-refractivity contribution in [3.8, 4) is 0 Å². The molecule has 0 saturated carbocycles. The van der Waals surface area contributed by atoms with E-state index in [4.69, 9.17) is 0 Å². The van der Waals surface area contributed by atoms with Crippen LogP contribution >= 0.6 is 0 Å². The van der Waals surface area contributed by atoms with Crippen LogP contribution in [0.3, 0.4) is 0 Å². The van der Waals surface area contributed by atoms with Gasteiger partial charge in [-0.3, -0.25) is 19.7 Å². The Morgan fingerprint density at radius 1 is 1.29 bits per heavy atom. The van der Waals surface area contributed by atoms with Crippen molar-refractivity contribution in [2.75, 3.05) is 45.8 Å². The number of hydrogen-bond donors (Lipinski definition) is 2. The van der Waals surface area contributed by atoms with Crippen molar-refractivity contribution in [1.82, 2.24) is 25.4 Å². The van der Waals surface area contributed by atoms with Gasteiger partial charge >= 0.3 is 6.18 Å². The molecule has 2 rings (SSSR count). The highest BCUT2D eigenvalue weighted by Gasteiger charge is 2.41. The van der Waals surface area contributed by atoms with Gasteiger partial charge in [0.05, 0.1) is 12.1 Å². The van der Waals surface area contributed by atoms with Crippen LogP contribution in [-0.4, -0.2) is 84.7 Å². The van der Waals surface area contributed by atoms with Crippen molar-refractivity contribution in [1.29, 1.82) is 0 Å². The number of pyridine rings is 1. The Hall–Kier alpha value is -2.36. The van der Waals surface area contributed by atoms with E-state index in [9.17, 15) is 18.0 Å². The van der Waals surface area contributed by atoms with Gasteiger partial charge in [0.25, 0.3) is 5.91 Å². The first-order chi connectivity index (χ1) is 13.3. The molecule has 1 unspecified atom stereocenters. The number of aromatic nitrogens is 1. The van der Waals surface area contributed by atoms with E-state index < -0.39 is 12.2 Å². The van der Waals surface area contributed by atoms with Crippen LogP contribution < -0.4 is 10.6 Å². The van der Waals surface area contributed by atoms with Crippen LogP contribution in [-0.2, 0) is 0 Å². The number of guanidine groups is 1. The molecule has 1 amide bonds. The number of halogens is 3. The van der Waals surface area contributed by atoms with E-state index in [1.54, 1.807) is 18.3 Å². The van der Waals surface area contributed by atoms with Crippen molar-refractivity contribution in [2.45, 2.75) is 26.1 Å². The molecule has 1 aromatic heterocycles. The zero-order chi connectivity index (χ0) is 20.6. The molecule has 1 aliphatic heterocycles. The summed E-state index contributed by atoms with van der Waals surface area (Å²) in [6.07, 6.45) is -1.13. The maximum Gasteiger partial charge on any atom is 0.403 e. The molecule has 1 atom stereocenters. The van der Waals surface area contributed by atoms with Gasteiger partial charge in [-0.1, -0.05) is 0 Å². The molecule has 0 spiro atoms. The Morgan fingerprint density at radius 2 is 2.00 bits per heavy atom. The second-order valence-corrected chi connectivity index (χ2v) is 6.47. The molecule has 0 aromatic carbocycles. The summed E-state index contributed by atoms with van der Waals surface area (Å²) in [5.74, 6) is 0.431. The molecule has 0 bridgehead atoms. The van der Waals surface area contributed by atoms with Gasteiger partial charge in [-0.15, -0.1) is 0 Å². The van der Waals surface area contributed by atoms with E-state index in [-0.39, 0.29) is 5.91 Å². The summed E-state index contributed by atoms with van der Waals surface area (Å²) in [6, 6.07) is 1.92. The number of hydrogen-bond acceptors (Lipinski definition) is 4. The van der Waals surface area contributed by atoms with E-state index in [0.29, 0.717) is 57.3 Å². The van der Waals surface area contributed by atoms with Crippen LogP contribution in [0.1, 0.15) is 24.2 Å². The zero-order valence-corrected chi connectivity index (χ0v) is 16.2. The predicted molar refractivity (Wildman–Crippen MR) is 101 cm³/mol. The standard InChI is InChI=1S/C18H27F3N6O/c1-3-23-17(25-8-7-24-16(28)15-5-4-6-22-13-15)27-11-9-26(10-12-27)14(2)18(19,20)21/h4-6,13-14H,3,7-12H2,1-2H3,(H,23,25)(H,24,28). The summed E-state index contributed by atoms with van der Waals surface area (Å²) in [5, 5.41) is 5.93. The van der Waals surface area contributed by atoms with Crippen molar-refractivity contribution in [2.24, 2.45) is 4.99 Å². The SMILES string of the molecule is CCNC(=NCCNC(=O)c1cccnc1)N1CCN(C(C)C(F)(F)F)CC1. The first-order valence-electron chi connectivity index (χ1n) is 9.35. The molecular formula is C18H27F3N6O. The van der Waals surface area contributed by atoms with Crippen molar-refractivity contribution < 1.29 is 18.0 Å². The van der Waals surface area contributed by atoms with Crippen LogP contribution in [0.4, 0.5) is 13.2 Å². The van der Waals surface area contributed by atoms with E-state index in [1.165, 1.54) is 18.0 Å². The van der Waals surface area contributed by atoms with Gasteiger partial charge in [0.15, 0.2) is 5.96 Å². The molecule has 156 valence electrons. The number of amides is 1. The van der Waals surface area contributed by atoms with Crippen molar-refractivity contribution >= 4 is 11.9 Å². The number of nitrogens with zero attached hydrogens (tertiary/aromatic N) is 4. The first-order valence-corrected chi connectivity index (χ1v) is 9.35. The number of nitrogens with one attached hydrogen (secondary N) is 2. The fourth-order valence-corrected chi connectivity index (χ4v) is 2.88. The van der Waals surface area contributed by atoms with Crippen LogP contribution in [0.5, 0.6) is 0 Å². The summed E-state index contributed by atoms with van der Waals surface area (Å²) < 4.78 is 38.6. The van der Waals surface area contributed by atoms with E-state index in [1.807, 2.05) is 11.8 Å². The Labute approximate surface area is 163 Å². The molecule has 1 aromatic rings. The van der Waals surface area contributed by atoms with Gasteiger partial charge in [0.2, 0.25) is 0 Å². The van der Waals surface area contributed by atoms with Crippen LogP contribution in [0, 0.1) is 0 Å². The van der Waals surface area contributed by atoms with Gasteiger partial charge in [-0.25, -0.2) is 0 Å². The summed E-state index contributed by atoms with van der Waals surface area (Å²) >= 11 is 0. The van der Waals surface area contributed by atoms with Crippen molar-refractivity contribution in [3.63, 3.8) is 0 Å². The third-order valence-electron chi connectivity index (χ3n) is 4.55. The minimum atomic E-state index is -4.22. The summed E-state index contributed by atoms with van der Waals surface area (Å²) in [5.41, 5.74) is 0.480. The third kappa shape index (κ3) is 6.36. The normalized spacial score (nSPS) is 17.3. The van der Waals surface area contributed by atoms with Crippen molar-refractivity contribution in [3.05, 3.63) is 30.1 Å². The molecule has 1 aliphatic rings. The monoisotopic (exact) mass is 400 g/mol. The maximum absolute atomic E-state index is 12.9. The summed E-state index contributed by atoms with van der Waals surface area (Å²) in [4.78, 5) is 23.7. The maximum atomic E-state index is 12.9. The lowest BCUT2D eigenvalue weighted by atomic mass is 10.2. The number of alkyl halides is 3. The lowest BCUT2D eigenvalue weighted by molar-refractivity contribution is -0.181. The second kappa shape index (κ2) is 10.3. The Balaban J connectivity index is 1.83. The molecule has 2 heterocycles. The Morgan fingerprint density at radius 3 is 2.57 bits per heavy atom. The molecule has 7 nitrogen and oxygen atoms in total. The lowest BCUT2D eigenvalue weighted by Gasteiger charge is -2.39. The highest BCUT2D eigenvalue weighted by atomic mass is 19.4. The Bertz CT molecular complexity index is 644. The number of carbonyl (C=O) groups is 1. The van der Waals surface area contributed by atoms with E-state index in [0.717, 1.165) is 0 Å². The highest BCUT2D eigenvalue weighted by Crippen LogP contribution is 2.25. The van der Waals surface area contributed by atoms with Crippen LogP contribution in [0.25, 0.3) is 0 Å². The Kier molecular flexibility index (Phi) is 8.04. The average Bonchev–Trinajstić information content (AvgIpc) is 2.69. The molecule has 2 N–H and O–H groups in total. The number of rotatable bonds is 6. The summed E-state index contributed by atoms with van der Waals surface area (Å²) in [6.45, 7) is 6.08. The minimum absolute atomic E-state index is 0.219. The van der Waals surface area contributed by atoms with Gasteiger partial charge in [0, 0.05) is 51.7 Å². The van der Waals surface area contributed by atoms with Gasteiger partial charge in [-0.2, -0.15) is 13.2 Å². The molecule has 28 heavy (non-hydrogen) atoms. The number of piperazine rings is 1. The molecule has 1 saturated heterocycles. The highest BCUT2D eigenvalue weighted by molar-refractivity contribution is 5.93. The van der Waals surface area contributed by atoms with Gasteiger partial charge in [-0.05, 0) is 26.0 Å². The second-order valence-electron chi connectivity index (χ2n) is 6.47. The number of aliphatic imine (C=N–C) groups is 1. The van der Waals surface area contributed by atoms with Gasteiger partial charge in [0.1, 0.15) is 6.04 Å². The summed E-state index contributed by atoms with van der Waals surface area (Å²) in [7, 11) is 0. The molecule has 0 aliphatic carbocycles. The predicted octanol–water partition coefficient (Wildman–Crippen LogP) is 1.35. The van der Waals surface area contributed by atoms with Gasteiger partial charge < -0.3 is 15.5 Å². The third-order valence-corrected chi connectivity index (χ3v) is 4.55. The molecule has 0 radical (unpaired) electrons. The first kappa shape index (κ1) is 21.9. The minimum Gasteiger partial charge on any atom is -0.357 e. The largest absolute Gasteiger partial charge is 0.403 e. The fraction of sp³-hybridized carbons (Fsp3) is 0.611. The van der Waals surface area contributed by atoms with Crippen LogP contribution in [0.15, 0.2) is 29.5 Å². The molecular weight excluding hydrogens is 373 g/mol. The lowest BCUT2D eigenvalue weighted by Crippen LogP contribution is -2.56. The molecule has 1 fully saturated rings. The number of carbonyl (C=O) groups excluding carboxylic acids is 1. The smallest absolute Gasteiger partial charge is 0.357 e. The topological polar surface area (TPSA) is 72.9 Å². The van der Waals surface area contributed by atoms with E-state index >= 15 is 0 Å². The zero-order valence-electron chi connectivity index (χ0n) is 16.2. The quantitative estimate of drug-likeness (QED) is 0.428. The van der Waals surface area contributed by atoms with Crippen LogP contribution in [0.2, 0.25) is 0 Å². The van der Waals surface area contributed by atoms with E-state index in [2.05, 4.69) is 20.6 Å². The fourth-order valence-electron chi connectivity index (χ4n) is 2.88.